The highest BCUT2D eigenvalue weighted by Gasteiger charge is 2.08. The highest BCUT2D eigenvalue weighted by molar-refractivity contribution is 5.30. The summed E-state index contributed by atoms with van der Waals surface area (Å²) in [6.07, 6.45) is 5.76. The van der Waals surface area contributed by atoms with Gasteiger partial charge in [0, 0.05) is 18.7 Å². The summed E-state index contributed by atoms with van der Waals surface area (Å²) >= 11 is 0. The summed E-state index contributed by atoms with van der Waals surface area (Å²) in [7, 11) is 0. The molecule has 1 aromatic carbocycles. The molecule has 3 aromatic rings. The first-order chi connectivity index (χ1) is 11.7. The Balaban J connectivity index is 1.45. The third kappa shape index (κ3) is 4.26. The lowest BCUT2D eigenvalue weighted by Gasteiger charge is -2.13. The van der Waals surface area contributed by atoms with Crippen molar-refractivity contribution < 1.29 is 0 Å². The molecule has 0 saturated heterocycles. The first kappa shape index (κ1) is 16.3. The van der Waals surface area contributed by atoms with Gasteiger partial charge in [0.25, 0.3) is 0 Å². The van der Waals surface area contributed by atoms with Crippen molar-refractivity contribution >= 4 is 0 Å². The van der Waals surface area contributed by atoms with E-state index in [0.29, 0.717) is 6.04 Å². The Morgan fingerprint density at radius 3 is 2.79 bits per heavy atom. The number of benzene rings is 1. The standard InChI is InChI=1S/C17H23N7/c1-14-11-19-23(12-14)13-15(2)18-10-6-9-17-20-21-22-24(17)16-7-4-3-5-8-16/h3-5,7-8,11-12,15,18H,6,9-10,13H2,1-2H3/t15-/m0/s1. The molecule has 2 aromatic heterocycles. The number of tetrazole rings is 1. The number of rotatable bonds is 8. The van der Waals surface area contributed by atoms with Crippen LogP contribution in [0.2, 0.25) is 0 Å². The molecule has 0 saturated carbocycles. The average molecular weight is 325 g/mol. The van der Waals surface area contributed by atoms with Gasteiger partial charge in [-0.05, 0) is 54.9 Å². The van der Waals surface area contributed by atoms with Gasteiger partial charge in [0.15, 0.2) is 5.82 Å². The van der Waals surface area contributed by atoms with E-state index in [0.717, 1.165) is 37.4 Å². The fourth-order valence-corrected chi connectivity index (χ4v) is 2.64. The second-order valence-corrected chi connectivity index (χ2v) is 6.04. The van der Waals surface area contributed by atoms with E-state index in [-0.39, 0.29) is 0 Å². The minimum atomic E-state index is 0.370. The molecule has 0 fully saturated rings. The quantitative estimate of drug-likeness (QED) is 0.639. The van der Waals surface area contributed by atoms with E-state index in [1.54, 1.807) is 4.68 Å². The summed E-state index contributed by atoms with van der Waals surface area (Å²) in [5.41, 5.74) is 2.18. The van der Waals surface area contributed by atoms with Gasteiger partial charge in [-0.2, -0.15) is 9.78 Å². The van der Waals surface area contributed by atoms with E-state index in [4.69, 9.17) is 0 Å². The predicted octanol–water partition coefficient (Wildman–Crippen LogP) is 1.78. The van der Waals surface area contributed by atoms with Crippen molar-refractivity contribution in [2.24, 2.45) is 0 Å². The van der Waals surface area contributed by atoms with Gasteiger partial charge in [-0.3, -0.25) is 4.68 Å². The fourth-order valence-electron chi connectivity index (χ4n) is 2.64. The van der Waals surface area contributed by atoms with Crippen LogP contribution < -0.4 is 5.32 Å². The first-order valence-electron chi connectivity index (χ1n) is 8.27. The Kier molecular flexibility index (Phi) is 5.32. The van der Waals surface area contributed by atoms with Gasteiger partial charge in [-0.15, -0.1) is 5.10 Å². The van der Waals surface area contributed by atoms with E-state index < -0.39 is 0 Å². The number of hydrogen-bond acceptors (Lipinski definition) is 5. The molecular weight excluding hydrogens is 302 g/mol. The molecule has 1 atom stereocenters. The van der Waals surface area contributed by atoms with Crippen LogP contribution in [0.4, 0.5) is 0 Å². The lowest BCUT2D eigenvalue weighted by atomic mass is 10.2. The summed E-state index contributed by atoms with van der Waals surface area (Å²) < 4.78 is 3.78. The van der Waals surface area contributed by atoms with E-state index >= 15 is 0 Å². The average Bonchev–Trinajstić information content (AvgIpc) is 3.21. The van der Waals surface area contributed by atoms with Crippen LogP contribution in [0.15, 0.2) is 42.7 Å². The molecule has 1 N–H and O–H groups in total. The van der Waals surface area contributed by atoms with Crippen LogP contribution in [0.25, 0.3) is 5.69 Å². The summed E-state index contributed by atoms with van der Waals surface area (Å²) in [6, 6.07) is 10.3. The predicted molar refractivity (Wildman–Crippen MR) is 91.9 cm³/mol. The maximum atomic E-state index is 4.32. The molecule has 2 heterocycles. The van der Waals surface area contributed by atoms with Gasteiger partial charge < -0.3 is 5.32 Å². The van der Waals surface area contributed by atoms with Gasteiger partial charge in [-0.1, -0.05) is 18.2 Å². The summed E-state index contributed by atoms with van der Waals surface area (Å²) in [4.78, 5) is 0. The third-order valence-electron chi connectivity index (χ3n) is 3.83. The van der Waals surface area contributed by atoms with Crippen molar-refractivity contribution in [3.63, 3.8) is 0 Å². The Hall–Kier alpha value is -2.54. The zero-order valence-corrected chi connectivity index (χ0v) is 14.1. The number of nitrogens with zero attached hydrogens (tertiary/aromatic N) is 6. The summed E-state index contributed by atoms with van der Waals surface area (Å²) in [5.74, 6) is 0.887. The largest absolute Gasteiger partial charge is 0.312 e. The molecule has 24 heavy (non-hydrogen) atoms. The summed E-state index contributed by atoms with van der Waals surface area (Å²) in [5, 5.41) is 19.9. The van der Waals surface area contributed by atoms with Crippen molar-refractivity contribution in [2.75, 3.05) is 6.54 Å². The van der Waals surface area contributed by atoms with Gasteiger partial charge in [-0.25, -0.2) is 0 Å². The Morgan fingerprint density at radius 1 is 1.21 bits per heavy atom. The topological polar surface area (TPSA) is 73.5 Å². The number of aromatic nitrogens is 6. The molecule has 0 aliphatic heterocycles. The molecule has 0 spiro atoms. The van der Waals surface area contributed by atoms with Gasteiger partial charge in [0.2, 0.25) is 0 Å². The minimum absolute atomic E-state index is 0.370. The number of aryl methyl sites for hydroxylation is 2. The van der Waals surface area contributed by atoms with Crippen LogP contribution in [0.5, 0.6) is 0 Å². The smallest absolute Gasteiger partial charge is 0.156 e. The highest BCUT2D eigenvalue weighted by Crippen LogP contribution is 2.08. The van der Waals surface area contributed by atoms with Crippen LogP contribution in [-0.4, -0.2) is 42.6 Å². The van der Waals surface area contributed by atoms with Crippen LogP contribution in [0.3, 0.4) is 0 Å². The molecule has 7 nitrogen and oxygen atoms in total. The normalized spacial score (nSPS) is 12.4. The molecule has 7 heteroatoms. The number of hydrogen-bond donors (Lipinski definition) is 1. The van der Waals surface area contributed by atoms with Crippen LogP contribution in [-0.2, 0) is 13.0 Å². The molecule has 0 amide bonds. The molecular formula is C17H23N7. The van der Waals surface area contributed by atoms with Gasteiger partial charge in [0.05, 0.1) is 18.4 Å². The van der Waals surface area contributed by atoms with Gasteiger partial charge in [0.1, 0.15) is 0 Å². The first-order valence-corrected chi connectivity index (χ1v) is 8.27. The van der Waals surface area contributed by atoms with Crippen molar-refractivity contribution in [3.05, 3.63) is 54.1 Å². The molecule has 126 valence electrons. The molecule has 0 aliphatic rings. The van der Waals surface area contributed by atoms with E-state index in [2.05, 4.69) is 46.0 Å². The van der Waals surface area contributed by atoms with Crippen LogP contribution in [0.1, 0.15) is 24.7 Å². The fraction of sp³-hybridized carbons (Fsp3) is 0.412. The van der Waals surface area contributed by atoms with Crippen molar-refractivity contribution in [3.8, 4) is 5.69 Å². The third-order valence-corrected chi connectivity index (χ3v) is 3.83. The van der Waals surface area contributed by atoms with Crippen LogP contribution >= 0.6 is 0 Å². The summed E-state index contributed by atoms with van der Waals surface area (Å²) in [6.45, 7) is 6.02. The maximum absolute atomic E-state index is 4.32. The van der Waals surface area contributed by atoms with Gasteiger partial charge >= 0.3 is 0 Å². The second kappa shape index (κ2) is 7.83. The zero-order valence-electron chi connectivity index (χ0n) is 14.1. The Morgan fingerprint density at radius 2 is 2.04 bits per heavy atom. The highest BCUT2D eigenvalue weighted by atomic mass is 15.5. The van der Waals surface area contributed by atoms with Crippen molar-refractivity contribution in [1.82, 2.24) is 35.3 Å². The van der Waals surface area contributed by atoms with E-state index in [9.17, 15) is 0 Å². The molecule has 0 bridgehead atoms. The monoisotopic (exact) mass is 325 g/mol. The molecule has 0 unspecified atom stereocenters. The van der Waals surface area contributed by atoms with E-state index in [1.165, 1.54) is 5.56 Å². The second-order valence-electron chi connectivity index (χ2n) is 6.04. The van der Waals surface area contributed by atoms with Crippen molar-refractivity contribution in [1.29, 1.82) is 0 Å². The molecule has 0 aliphatic carbocycles. The molecule has 3 rings (SSSR count). The lowest BCUT2D eigenvalue weighted by Crippen LogP contribution is -2.31. The number of nitrogens with one attached hydrogen (secondary N) is 1. The SMILES string of the molecule is Cc1cnn(C[C@H](C)NCCCc2nnnn2-c2ccccc2)c1. The Bertz CT molecular complexity index is 747. The van der Waals surface area contributed by atoms with Crippen LogP contribution in [0, 0.1) is 6.92 Å². The maximum Gasteiger partial charge on any atom is 0.156 e. The minimum Gasteiger partial charge on any atom is -0.312 e. The number of para-hydroxylation sites is 1. The zero-order chi connectivity index (χ0) is 16.8. The molecule has 0 radical (unpaired) electrons. The lowest BCUT2D eigenvalue weighted by molar-refractivity contribution is 0.447. The van der Waals surface area contributed by atoms with Crippen molar-refractivity contribution in [2.45, 2.75) is 39.3 Å². The van der Waals surface area contributed by atoms with E-state index in [1.807, 2.05) is 41.2 Å². The Labute approximate surface area is 141 Å².